The van der Waals surface area contributed by atoms with Gasteiger partial charge < -0.3 is 9.84 Å². The SMILES string of the molecule is Cc1cnc(Oc2cc(Cl)ccc2C(=O)O)cc1[N+](=O)[O-]. The number of nitrogens with zero attached hydrogens (tertiary/aromatic N) is 2. The first-order valence-corrected chi connectivity index (χ1v) is 6.08. The second-order valence-electron chi connectivity index (χ2n) is 4.11. The van der Waals surface area contributed by atoms with Crippen LogP contribution in [0.25, 0.3) is 0 Å². The van der Waals surface area contributed by atoms with E-state index >= 15 is 0 Å². The third-order valence-electron chi connectivity index (χ3n) is 2.63. The lowest BCUT2D eigenvalue weighted by molar-refractivity contribution is -0.385. The molecule has 0 bridgehead atoms. The maximum atomic E-state index is 11.1. The van der Waals surface area contributed by atoms with Gasteiger partial charge in [0.15, 0.2) is 0 Å². The number of ether oxygens (including phenoxy) is 1. The first-order chi connectivity index (χ1) is 9.88. The van der Waals surface area contributed by atoms with Gasteiger partial charge in [0.25, 0.3) is 5.69 Å². The summed E-state index contributed by atoms with van der Waals surface area (Å²) in [5, 5.41) is 20.2. The highest BCUT2D eigenvalue weighted by molar-refractivity contribution is 6.30. The van der Waals surface area contributed by atoms with Crippen LogP contribution in [0.15, 0.2) is 30.5 Å². The van der Waals surface area contributed by atoms with Crippen LogP contribution in [-0.2, 0) is 0 Å². The highest BCUT2D eigenvalue weighted by Gasteiger charge is 2.16. The number of carboxylic acids is 1. The molecule has 0 saturated carbocycles. The van der Waals surface area contributed by atoms with Crippen molar-refractivity contribution in [2.45, 2.75) is 6.92 Å². The maximum Gasteiger partial charge on any atom is 0.339 e. The maximum absolute atomic E-state index is 11.1. The molecule has 108 valence electrons. The van der Waals surface area contributed by atoms with Crippen LogP contribution >= 0.6 is 11.6 Å². The molecule has 1 N–H and O–H groups in total. The Labute approximate surface area is 123 Å². The molecular formula is C13H9ClN2O5. The van der Waals surface area contributed by atoms with E-state index in [1.807, 2.05) is 0 Å². The lowest BCUT2D eigenvalue weighted by Crippen LogP contribution is -2.01. The summed E-state index contributed by atoms with van der Waals surface area (Å²) in [5.41, 5.74) is 0.0835. The molecule has 0 unspecified atom stereocenters. The zero-order valence-corrected chi connectivity index (χ0v) is 11.5. The molecule has 0 atom stereocenters. The van der Waals surface area contributed by atoms with Crippen LogP contribution in [0, 0.1) is 17.0 Å². The highest BCUT2D eigenvalue weighted by Crippen LogP contribution is 2.30. The van der Waals surface area contributed by atoms with Crippen LogP contribution in [0.4, 0.5) is 5.69 Å². The summed E-state index contributed by atoms with van der Waals surface area (Å²) in [6.45, 7) is 1.54. The fourth-order valence-electron chi connectivity index (χ4n) is 1.62. The Morgan fingerprint density at radius 3 is 2.76 bits per heavy atom. The zero-order valence-electron chi connectivity index (χ0n) is 10.7. The van der Waals surface area contributed by atoms with Crippen molar-refractivity contribution in [3.8, 4) is 11.6 Å². The predicted octanol–water partition coefficient (Wildman–Crippen LogP) is 3.44. The van der Waals surface area contributed by atoms with Gasteiger partial charge in [0, 0.05) is 22.8 Å². The van der Waals surface area contributed by atoms with Gasteiger partial charge in [0.05, 0.1) is 11.0 Å². The van der Waals surface area contributed by atoms with E-state index in [2.05, 4.69) is 4.98 Å². The van der Waals surface area contributed by atoms with Gasteiger partial charge in [-0.3, -0.25) is 10.1 Å². The number of pyridine rings is 1. The molecule has 0 aliphatic heterocycles. The van der Waals surface area contributed by atoms with Gasteiger partial charge >= 0.3 is 5.97 Å². The first kappa shape index (κ1) is 14.7. The van der Waals surface area contributed by atoms with E-state index in [1.165, 1.54) is 31.3 Å². The largest absolute Gasteiger partial charge is 0.478 e. The molecule has 7 nitrogen and oxygen atoms in total. The lowest BCUT2D eigenvalue weighted by atomic mass is 10.2. The molecule has 21 heavy (non-hydrogen) atoms. The van der Waals surface area contributed by atoms with E-state index in [-0.39, 0.29) is 27.9 Å². The monoisotopic (exact) mass is 308 g/mol. The number of rotatable bonds is 4. The topological polar surface area (TPSA) is 103 Å². The number of benzene rings is 1. The van der Waals surface area contributed by atoms with Crippen molar-refractivity contribution < 1.29 is 19.6 Å². The molecule has 0 amide bonds. The van der Waals surface area contributed by atoms with Gasteiger partial charge in [-0.05, 0) is 19.1 Å². The normalized spacial score (nSPS) is 10.2. The van der Waals surface area contributed by atoms with Gasteiger partial charge in [-0.15, -0.1) is 0 Å². The first-order valence-electron chi connectivity index (χ1n) is 5.70. The third kappa shape index (κ3) is 3.26. The van der Waals surface area contributed by atoms with E-state index in [0.29, 0.717) is 5.56 Å². The molecule has 0 spiro atoms. The van der Waals surface area contributed by atoms with Crippen LogP contribution in [0.3, 0.4) is 0 Å². The second-order valence-corrected chi connectivity index (χ2v) is 4.55. The third-order valence-corrected chi connectivity index (χ3v) is 2.87. The summed E-state index contributed by atoms with van der Waals surface area (Å²) in [6.07, 6.45) is 1.28. The Kier molecular flexibility index (Phi) is 4.04. The Hall–Kier alpha value is -2.67. The molecular weight excluding hydrogens is 300 g/mol. The summed E-state index contributed by atoms with van der Waals surface area (Å²) in [4.78, 5) is 25.3. The molecule has 1 heterocycles. The quantitative estimate of drug-likeness (QED) is 0.685. The number of aromatic nitrogens is 1. The molecule has 8 heteroatoms. The Morgan fingerprint density at radius 1 is 1.43 bits per heavy atom. The summed E-state index contributed by atoms with van der Waals surface area (Å²) < 4.78 is 5.32. The van der Waals surface area contributed by atoms with Crippen molar-refractivity contribution in [2.24, 2.45) is 0 Å². The van der Waals surface area contributed by atoms with Crippen LogP contribution < -0.4 is 4.74 Å². The molecule has 0 radical (unpaired) electrons. The number of hydrogen-bond acceptors (Lipinski definition) is 5. The van der Waals surface area contributed by atoms with Crippen molar-refractivity contribution in [1.29, 1.82) is 0 Å². The van der Waals surface area contributed by atoms with Crippen molar-refractivity contribution in [2.75, 3.05) is 0 Å². The van der Waals surface area contributed by atoms with Crippen LogP contribution in [0.1, 0.15) is 15.9 Å². The van der Waals surface area contributed by atoms with Crippen LogP contribution in [-0.4, -0.2) is 21.0 Å². The van der Waals surface area contributed by atoms with Gasteiger partial charge in [-0.1, -0.05) is 11.6 Å². The van der Waals surface area contributed by atoms with Crippen LogP contribution in [0.5, 0.6) is 11.6 Å². The minimum Gasteiger partial charge on any atom is -0.478 e. The van der Waals surface area contributed by atoms with E-state index in [0.717, 1.165) is 6.07 Å². The number of aromatic carboxylic acids is 1. The number of hydrogen-bond donors (Lipinski definition) is 1. The summed E-state index contributed by atoms with van der Waals surface area (Å²) >= 11 is 5.79. The molecule has 1 aromatic heterocycles. The molecule has 2 rings (SSSR count). The fourth-order valence-corrected chi connectivity index (χ4v) is 1.78. The zero-order chi connectivity index (χ0) is 15.6. The van der Waals surface area contributed by atoms with Gasteiger partial charge in [-0.25, -0.2) is 9.78 Å². The van der Waals surface area contributed by atoms with Gasteiger partial charge in [-0.2, -0.15) is 0 Å². The van der Waals surface area contributed by atoms with Crippen molar-refractivity contribution >= 4 is 23.3 Å². The fraction of sp³-hybridized carbons (Fsp3) is 0.0769. The van der Waals surface area contributed by atoms with E-state index in [1.54, 1.807) is 0 Å². The average Bonchev–Trinajstić information content (AvgIpc) is 2.40. The summed E-state index contributed by atoms with van der Waals surface area (Å²) in [7, 11) is 0. The minimum absolute atomic E-state index is 0.0411. The van der Waals surface area contributed by atoms with Crippen molar-refractivity contribution in [3.63, 3.8) is 0 Å². The lowest BCUT2D eigenvalue weighted by Gasteiger charge is -2.08. The predicted molar refractivity (Wildman–Crippen MR) is 74.1 cm³/mol. The van der Waals surface area contributed by atoms with E-state index in [9.17, 15) is 14.9 Å². The van der Waals surface area contributed by atoms with Crippen LogP contribution in [0.2, 0.25) is 5.02 Å². The van der Waals surface area contributed by atoms with Gasteiger partial charge in [0.1, 0.15) is 11.3 Å². The molecule has 2 aromatic rings. The highest BCUT2D eigenvalue weighted by atomic mass is 35.5. The Morgan fingerprint density at radius 2 is 2.14 bits per heavy atom. The standard InChI is InChI=1S/C13H9ClN2O5/c1-7-6-15-12(5-10(7)16(19)20)21-11-4-8(14)2-3-9(11)13(17)18/h2-6H,1H3,(H,17,18). The number of halogens is 1. The van der Waals surface area contributed by atoms with Crippen molar-refractivity contribution in [1.82, 2.24) is 4.98 Å². The number of carboxylic acid groups (broad SMARTS) is 1. The molecule has 0 saturated heterocycles. The van der Waals surface area contributed by atoms with Crippen molar-refractivity contribution in [3.05, 3.63) is 56.7 Å². The second kappa shape index (κ2) is 5.76. The Bertz CT molecular complexity index is 732. The summed E-state index contributed by atoms with van der Waals surface area (Å²) in [5.74, 6) is -1.33. The minimum atomic E-state index is -1.21. The van der Waals surface area contributed by atoms with Gasteiger partial charge in [0.2, 0.25) is 5.88 Å². The molecule has 1 aromatic carbocycles. The molecule has 0 aliphatic carbocycles. The summed E-state index contributed by atoms with van der Waals surface area (Å²) in [6, 6.07) is 5.12. The Balaban J connectivity index is 2.43. The van der Waals surface area contributed by atoms with E-state index < -0.39 is 10.9 Å². The smallest absolute Gasteiger partial charge is 0.339 e. The number of carbonyl (C=O) groups is 1. The average molecular weight is 309 g/mol. The molecule has 0 fully saturated rings. The molecule has 0 aliphatic rings. The number of nitro groups is 1. The van der Waals surface area contributed by atoms with E-state index in [4.69, 9.17) is 21.4 Å². The number of aryl methyl sites for hydroxylation is 1.